The van der Waals surface area contributed by atoms with Gasteiger partial charge in [0.05, 0.1) is 44.4 Å². The minimum Gasteiger partial charge on any atom is -0.493 e. The summed E-state index contributed by atoms with van der Waals surface area (Å²) in [4.78, 5) is 9.20. The highest BCUT2D eigenvalue weighted by molar-refractivity contribution is 5.70. The molecule has 0 spiro atoms. The third-order valence-corrected chi connectivity index (χ3v) is 5.34. The lowest BCUT2D eigenvalue weighted by Crippen LogP contribution is -2.17. The summed E-state index contributed by atoms with van der Waals surface area (Å²) < 4.78 is 55.3. The molecule has 0 aliphatic carbocycles. The van der Waals surface area contributed by atoms with Crippen LogP contribution in [-0.4, -0.2) is 45.8 Å². The van der Waals surface area contributed by atoms with Crippen LogP contribution in [0.1, 0.15) is 24.0 Å². The van der Waals surface area contributed by atoms with Crippen molar-refractivity contribution in [1.82, 2.24) is 14.5 Å². The third-order valence-electron chi connectivity index (χ3n) is 5.34. The number of methoxy groups -OCH3 is 1. The number of aryl methyl sites for hydroxylation is 1. The largest absolute Gasteiger partial charge is 0.573 e. The Morgan fingerprint density at radius 3 is 2.64 bits per heavy atom. The van der Waals surface area contributed by atoms with E-state index < -0.39 is 12.1 Å². The number of imidazole rings is 1. The first-order chi connectivity index (χ1) is 15.7. The number of nitrogens with zero attached hydrogens (tertiary/aromatic N) is 3. The Kier molecular flexibility index (Phi) is 6.31. The first-order valence-corrected chi connectivity index (χ1v) is 10.4. The van der Waals surface area contributed by atoms with Crippen molar-refractivity contribution in [3.05, 3.63) is 47.4 Å². The van der Waals surface area contributed by atoms with E-state index in [1.807, 2.05) is 24.5 Å². The van der Waals surface area contributed by atoms with Crippen LogP contribution in [0.25, 0.3) is 22.6 Å². The summed E-state index contributed by atoms with van der Waals surface area (Å²) in [6.45, 7) is 4.64. The number of rotatable bonds is 5. The highest BCUT2D eigenvalue weighted by Crippen LogP contribution is 2.38. The predicted octanol–water partition coefficient (Wildman–Crippen LogP) is 4.28. The van der Waals surface area contributed by atoms with Crippen LogP contribution in [0, 0.1) is 6.92 Å². The normalized spacial score (nSPS) is 16.3. The summed E-state index contributed by atoms with van der Waals surface area (Å²) in [5.74, 6) is 0.101. The van der Waals surface area contributed by atoms with Gasteiger partial charge in [0.15, 0.2) is 11.5 Å². The number of hydrogen-bond acceptors (Lipinski definition) is 6. The monoisotopic (exact) mass is 463 g/mol. The minimum absolute atomic E-state index is 0.0519. The van der Waals surface area contributed by atoms with E-state index in [9.17, 15) is 18.3 Å². The van der Waals surface area contributed by atoms with Gasteiger partial charge < -0.3 is 23.9 Å². The number of aliphatic hydroxyl groups is 1. The molecule has 176 valence electrons. The number of hydrogen-bond donors (Lipinski definition) is 1. The zero-order valence-electron chi connectivity index (χ0n) is 18.4. The molecule has 0 saturated carbocycles. The molecule has 33 heavy (non-hydrogen) atoms. The van der Waals surface area contributed by atoms with Crippen molar-refractivity contribution in [2.24, 2.45) is 0 Å². The molecule has 4 rings (SSSR count). The van der Waals surface area contributed by atoms with Crippen LogP contribution in [-0.2, 0) is 24.3 Å². The van der Waals surface area contributed by atoms with Crippen molar-refractivity contribution >= 4 is 0 Å². The molecule has 0 saturated heterocycles. The molecule has 3 heterocycles. The lowest BCUT2D eigenvalue weighted by molar-refractivity contribution is -0.275. The van der Waals surface area contributed by atoms with E-state index in [1.54, 1.807) is 6.07 Å². The summed E-state index contributed by atoms with van der Waals surface area (Å²) in [6.07, 6.45) is -4.30. The van der Waals surface area contributed by atoms with Crippen LogP contribution in [0.2, 0.25) is 0 Å². The molecular weight excluding hydrogens is 439 g/mol. The number of pyridine rings is 1. The summed E-state index contributed by atoms with van der Waals surface area (Å²) in [6, 6.07) is 7.91. The molecule has 1 unspecified atom stereocenters. The number of aliphatic hydroxyl groups excluding tert-OH is 1. The minimum atomic E-state index is -4.83. The van der Waals surface area contributed by atoms with Crippen molar-refractivity contribution in [3.8, 4) is 34.1 Å². The topological polar surface area (TPSA) is 78.6 Å². The maximum Gasteiger partial charge on any atom is 0.573 e. The quantitative estimate of drug-likeness (QED) is 0.609. The van der Waals surface area contributed by atoms with Crippen molar-refractivity contribution in [2.75, 3.05) is 13.7 Å². The fraction of sp³-hybridized carbons (Fsp3) is 0.391. The van der Waals surface area contributed by atoms with E-state index >= 15 is 0 Å². The molecule has 10 heteroatoms. The SMILES string of the molecule is COc1cc(-c2nc(-c3cc(C)nc(CO)c3)c3n2CC(C)OCC3)ccc1OC(F)(F)F. The fourth-order valence-corrected chi connectivity index (χ4v) is 4.03. The van der Waals surface area contributed by atoms with E-state index in [2.05, 4.69) is 9.72 Å². The Bertz CT molecular complexity index is 1160. The first-order valence-electron chi connectivity index (χ1n) is 10.4. The second-order valence-corrected chi connectivity index (χ2v) is 7.83. The van der Waals surface area contributed by atoms with Crippen LogP contribution in [0.4, 0.5) is 13.2 Å². The van der Waals surface area contributed by atoms with Gasteiger partial charge in [0, 0.05) is 28.9 Å². The van der Waals surface area contributed by atoms with E-state index in [-0.39, 0.29) is 18.5 Å². The maximum absolute atomic E-state index is 12.7. The molecule has 1 aliphatic rings. The number of fused-ring (bicyclic) bond motifs is 1. The van der Waals surface area contributed by atoms with E-state index in [4.69, 9.17) is 14.5 Å². The van der Waals surface area contributed by atoms with E-state index in [0.29, 0.717) is 36.7 Å². The smallest absolute Gasteiger partial charge is 0.493 e. The Balaban J connectivity index is 1.87. The molecule has 1 atom stereocenters. The van der Waals surface area contributed by atoms with Crippen molar-refractivity contribution < 1.29 is 32.5 Å². The van der Waals surface area contributed by atoms with Crippen molar-refractivity contribution in [3.63, 3.8) is 0 Å². The summed E-state index contributed by atoms with van der Waals surface area (Å²) in [5, 5.41) is 9.59. The molecule has 1 aliphatic heterocycles. The second kappa shape index (κ2) is 9.03. The average Bonchev–Trinajstić information content (AvgIpc) is 2.99. The second-order valence-electron chi connectivity index (χ2n) is 7.83. The molecule has 2 aromatic heterocycles. The third kappa shape index (κ3) is 4.96. The first kappa shape index (κ1) is 23.1. The number of benzene rings is 1. The van der Waals surface area contributed by atoms with Crippen LogP contribution in [0.3, 0.4) is 0 Å². The van der Waals surface area contributed by atoms with Gasteiger partial charge in [-0.15, -0.1) is 13.2 Å². The van der Waals surface area contributed by atoms with Crippen molar-refractivity contribution in [1.29, 1.82) is 0 Å². The van der Waals surface area contributed by atoms with Gasteiger partial charge in [0.1, 0.15) is 5.82 Å². The summed E-state index contributed by atoms with van der Waals surface area (Å²) >= 11 is 0. The number of halogens is 3. The Morgan fingerprint density at radius 2 is 1.94 bits per heavy atom. The molecular formula is C23H24F3N3O4. The Labute approximate surface area is 188 Å². The summed E-state index contributed by atoms with van der Waals surface area (Å²) in [5.41, 5.74) is 4.32. The van der Waals surface area contributed by atoms with Gasteiger partial charge in [-0.3, -0.25) is 4.98 Å². The van der Waals surface area contributed by atoms with Gasteiger partial charge in [-0.05, 0) is 44.2 Å². The average molecular weight is 463 g/mol. The van der Waals surface area contributed by atoms with E-state index in [1.165, 1.54) is 25.3 Å². The maximum atomic E-state index is 12.7. The highest BCUT2D eigenvalue weighted by atomic mass is 19.4. The van der Waals surface area contributed by atoms with Crippen molar-refractivity contribution in [2.45, 2.75) is 45.9 Å². The van der Waals surface area contributed by atoms with Gasteiger partial charge in [-0.2, -0.15) is 0 Å². The molecule has 0 amide bonds. The van der Waals surface area contributed by atoms with E-state index in [0.717, 1.165) is 22.6 Å². The fourth-order valence-electron chi connectivity index (χ4n) is 4.03. The van der Waals surface area contributed by atoms with Gasteiger partial charge in [0.25, 0.3) is 0 Å². The van der Waals surface area contributed by atoms with Gasteiger partial charge >= 0.3 is 6.36 Å². The molecule has 0 radical (unpaired) electrons. The number of aromatic nitrogens is 3. The van der Waals surface area contributed by atoms with Gasteiger partial charge in [-0.1, -0.05) is 0 Å². The number of alkyl halides is 3. The Morgan fingerprint density at radius 1 is 1.15 bits per heavy atom. The van der Waals surface area contributed by atoms with Crippen LogP contribution < -0.4 is 9.47 Å². The van der Waals surface area contributed by atoms with Crippen LogP contribution >= 0.6 is 0 Å². The predicted molar refractivity (Wildman–Crippen MR) is 114 cm³/mol. The molecule has 0 bridgehead atoms. The van der Waals surface area contributed by atoms with Gasteiger partial charge in [0.2, 0.25) is 0 Å². The standard InChI is InChI=1S/C23H24F3N3O4/c1-13-8-16(9-17(12-30)27-13)21-18-6-7-32-14(2)11-29(18)22(28-21)15-4-5-19(20(10-15)31-3)33-23(24,25)26/h4-5,8-10,14,30H,6-7,11-12H2,1-3H3. The lowest BCUT2D eigenvalue weighted by Gasteiger charge is -2.15. The molecule has 3 aromatic rings. The molecule has 7 nitrogen and oxygen atoms in total. The van der Waals surface area contributed by atoms with Crippen LogP contribution in [0.5, 0.6) is 11.5 Å². The molecule has 0 fully saturated rings. The number of ether oxygens (including phenoxy) is 3. The molecule has 1 N–H and O–H groups in total. The highest BCUT2D eigenvalue weighted by Gasteiger charge is 2.33. The molecule has 1 aromatic carbocycles. The zero-order chi connectivity index (χ0) is 23.8. The van der Waals surface area contributed by atoms with Crippen LogP contribution in [0.15, 0.2) is 30.3 Å². The lowest BCUT2D eigenvalue weighted by atomic mass is 10.1. The van der Waals surface area contributed by atoms with Gasteiger partial charge in [-0.25, -0.2) is 4.98 Å². The zero-order valence-corrected chi connectivity index (χ0v) is 18.4. The Hall–Kier alpha value is -3.11. The summed E-state index contributed by atoms with van der Waals surface area (Å²) in [7, 11) is 1.28.